The van der Waals surface area contributed by atoms with Gasteiger partial charge in [-0.05, 0) is 39.5 Å². The van der Waals surface area contributed by atoms with Gasteiger partial charge in [-0.25, -0.2) is 9.48 Å². The lowest BCUT2D eigenvalue weighted by molar-refractivity contribution is 0.0497. The number of amides is 1. The molecule has 1 aromatic heterocycles. The molecule has 1 aliphatic rings. The molecule has 1 heterocycles. The van der Waals surface area contributed by atoms with Gasteiger partial charge in [-0.3, -0.25) is 0 Å². The summed E-state index contributed by atoms with van der Waals surface area (Å²) < 4.78 is 6.92. The van der Waals surface area contributed by atoms with Crippen molar-refractivity contribution in [1.29, 1.82) is 0 Å². The Morgan fingerprint density at radius 2 is 2.26 bits per heavy atom. The predicted octanol–water partition coefficient (Wildman–Crippen LogP) is 0.663. The Labute approximate surface area is 136 Å². The first kappa shape index (κ1) is 17.7. The number of hydrogen-bond donors (Lipinski definition) is 3. The molecule has 0 radical (unpaired) electrons. The normalized spacial score (nSPS) is 16.2. The molecule has 0 bridgehead atoms. The maximum absolute atomic E-state index is 11.9. The third kappa shape index (κ3) is 6.54. The number of nitrogens with zero attached hydrogens (tertiary/aromatic N) is 3. The van der Waals surface area contributed by atoms with Gasteiger partial charge in [0.1, 0.15) is 5.60 Å². The van der Waals surface area contributed by atoms with Crippen molar-refractivity contribution in [1.82, 2.24) is 25.6 Å². The van der Waals surface area contributed by atoms with Crippen LogP contribution in [0.1, 0.15) is 39.3 Å². The van der Waals surface area contributed by atoms with E-state index in [1.54, 1.807) is 10.9 Å². The van der Waals surface area contributed by atoms with Gasteiger partial charge >= 0.3 is 6.09 Å². The van der Waals surface area contributed by atoms with Crippen LogP contribution in [0.2, 0.25) is 0 Å². The zero-order valence-corrected chi connectivity index (χ0v) is 14.1. The monoisotopic (exact) mass is 325 g/mol. The van der Waals surface area contributed by atoms with Crippen LogP contribution in [0.4, 0.5) is 4.79 Å². The van der Waals surface area contributed by atoms with E-state index in [2.05, 4.69) is 20.9 Å². The highest BCUT2D eigenvalue weighted by Crippen LogP contribution is 2.32. The molecule has 23 heavy (non-hydrogen) atoms. The predicted molar refractivity (Wildman–Crippen MR) is 84.7 cm³/mol. The Hall–Kier alpha value is -1.67. The van der Waals surface area contributed by atoms with Gasteiger partial charge in [0.25, 0.3) is 0 Å². The maximum Gasteiger partial charge on any atom is 0.407 e. The summed E-state index contributed by atoms with van der Waals surface area (Å²) in [7, 11) is 0. The first-order chi connectivity index (χ1) is 10.9. The maximum atomic E-state index is 11.9. The summed E-state index contributed by atoms with van der Waals surface area (Å²) in [6.07, 6.45) is 3.70. The minimum atomic E-state index is -0.489. The van der Waals surface area contributed by atoms with Gasteiger partial charge in [-0.1, -0.05) is 5.21 Å². The third-order valence-corrected chi connectivity index (χ3v) is 3.48. The quantitative estimate of drug-likeness (QED) is 0.649. The number of carbonyl (C=O) groups is 1. The van der Waals surface area contributed by atoms with Gasteiger partial charge in [0.15, 0.2) is 0 Å². The standard InChI is InChI=1S/C15H27N5O3/c1-15(2,3)23-14(22)17-13(11-4-5-11)9-16-8-12-10-20(6-7-21)19-18-12/h10-11,13,16,21H,4-9H2,1-3H3,(H,17,22). The van der Waals surface area contributed by atoms with Crippen molar-refractivity contribution in [2.75, 3.05) is 13.2 Å². The molecular weight excluding hydrogens is 298 g/mol. The highest BCUT2D eigenvalue weighted by atomic mass is 16.6. The number of aliphatic hydroxyl groups is 1. The topological polar surface area (TPSA) is 101 Å². The van der Waals surface area contributed by atoms with E-state index in [1.807, 2.05) is 20.8 Å². The van der Waals surface area contributed by atoms with Crippen molar-refractivity contribution in [2.45, 2.75) is 58.3 Å². The Morgan fingerprint density at radius 3 is 2.87 bits per heavy atom. The van der Waals surface area contributed by atoms with Crippen molar-refractivity contribution in [3.8, 4) is 0 Å². The molecule has 2 rings (SSSR count). The Balaban J connectivity index is 1.75. The Morgan fingerprint density at radius 1 is 1.52 bits per heavy atom. The van der Waals surface area contributed by atoms with Crippen molar-refractivity contribution in [3.63, 3.8) is 0 Å². The van der Waals surface area contributed by atoms with Crippen molar-refractivity contribution < 1.29 is 14.6 Å². The molecule has 0 spiro atoms. The average molecular weight is 325 g/mol. The van der Waals surface area contributed by atoms with Crippen LogP contribution in [-0.4, -0.2) is 51.0 Å². The molecule has 3 N–H and O–H groups in total. The van der Waals surface area contributed by atoms with E-state index in [0.29, 0.717) is 25.6 Å². The minimum Gasteiger partial charge on any atom is -0.444 e. The van der Waals surface area contributed by atoms with Gasteiger partial charge in [0, 0.05) is 25.3 Å². The summed E-state index contributed by atoms with van der Waals surface area (Å²) >= 11 is 0. The van der Waals surface area contributed by atoms with Crippen LogP contribution < -0.4 is 10.6 Å². The van der Waals surface area contributed by atoms with Gasteiger partial charge < -0.3 is 20.5 Å². The SMILES string of the molecule is CC(C)(C)OC(=O)NC(CNCc1cn(CCO)nn1)C1CC1. The van der Waals surface area contributed by atoms with Gasteiger partial charge in [-0.2, -0.15) is 0 Å². The second-order valence-corrected chi connectivity index (χ2v) is 6.92. The number of carbonyl (C=O) groups excluding carboxylic acids is 1. The number of hydrogen-bond acceptors (Lipinski definition) is 6. The summed E-state index contributed by atoms with van der Waals surface area (Å²) in [6.45, 7) is 7.28. The molecule has 1 fully saturated rings. The molecule has 0 aromatic carbocycles. The molecule has 1 aromatic rings. The molecule has 1 saturated carbocycles. The number of aromatic nitrogens is 3. The first-order valence-corrected chi connectivity index (χ1v) is 8.07. The number of alkyl carbamates (subject to hydrolysis) is 1. The highest BCUT2D eigenvalue weighted by molar-refractivity contribution is 5.68. The van der Waals surface area contributed by atoms with Crippen LogP contribution in [0, 0.1) is 5.92 Å². The molecule has 1 aliphatic carbocycles. The van der Waals surface area contributed by atoms with E-state index in [9.17, 15) is 4.79 Å². The summed E-state index contributed by atoms with van der Waals surface area (Å²) in [5.74, 6) is 0.514. The molecule has 8 nitrogen and oxygen atoms in total. The number of aliphatic hydroxyl groups excluding tert-OH is 1. The molecular formula is C15H27N5O3. The van der Waals surface area contributed by atoms with Crippen LogP contribution in [0.25, 0.3) is 0 Å². The fraction of sp³-hybridized carbons (Fsp3) is 0.800. The summed E-state index contributed by atoms with van der Waals surface area (Å²) in [5.41, 5.74) is 0.321. The Bertz CT molecular complexity index is 507. The fourth-order valence-corrected chi connectivity index (χ4v) is 2.28. The summed E-state index contributed by atoms with van der Waals surface area (Å²) in [6, 6.07) is 0.0670. The second-order valence-electron chi connectivity index (χ2n) is 6.92. The number of ether oxygens (including phenoxy) is 1. The largest absolute Gasteiger partial charge is 0.444 e. The number of nitrogens with one attached hydrogen (secondary N) is 2. The van der Waals surface area contributed by atoms with E-state index < -0.39 is 5.60 Å². The van der Waals surface area contributed by atoms with E-state index >= 15 is 0 Å². The highest BCUT2D eigenvalue weighted by Gasteiger charge is 2.33. The number of rotatable bonds is 8. The zero-order valence-electron chi connectivity index (χ0n) is 14.1. The molecule has 1 atom stereocenters. The molecule has 0 saturated heterocycles. The van der Waals surface area contributed by atoms with Crippen LogP contribution in [0.3, 0.4) is 0 Å². The van der Waals surface area contributed by atoms with Gasteiger partial charge in [-0.15, -0.1) is 5.10 Å². The average Bonchev–Trinajstić information content (AvgIpc) is 3.18. The fourth-order valence-electron chi connectivity index (χ4n) is 2.28. The molecule has 1 amide bonds. The van der Waals surface area contributed by atoms with E-state index in [0.717, 1.165) is 18.5 Å². The second kappa shape index (κ2) is 7.74. The van der Waals surface area contributed by atoms with Crippen LogP contribution in [0.15, 0.2) is 6.20 Å². The van der Waals surface area contributed by atoms with E-state index in [4.69, 9.17) is 9.84 Å². The first-order valence-electron chi connectivity index (χ1n) is 8.07. The van der Waals surface area contributed by atoms with Crippen LogP contribution in [0.5, 0.6) is 0 Å². The molecule has 1 unspecified atom stereocenters. The third-order valence-electron chi connectivity index (χ3n) is 3.48. The summed E-state index contributed by atoms with van der Waals surface area (Å²) in [5, 5.41) is 23.0. The van der Waals surface area contributed by atoms with Crippen LogP contribution in [-0.2, 0) is 17.8 Å². The lowest BCUT2D eigenvalue weighted by Crippen LogP contribution is -2.45. The van der Waals surface area contributed by atoms with Crippen LogP contribution >= 0.6 is 0 Å². The van der Waals surface area contributed by atoms with Gasteiger partial charge in [0.2, 0.25) is 0 Å². The lowest BCUT2D eigenvalue weighted by atomic mass is 10.2. The molecule has 8 heteroatoms. The Kier molecular flexibility index (Phi) is 5.95. The van der Waals surface area contributed by atoms with Crippen molar-refractivity contribution >= 4 is 6.09 Å². The molecule has 130 valence electrons. The summed E-state index contributed by atoms with van der Waals surface area (Å²) in [4.78, 5) is 11.9. The lowest BCUT2D eigenvalue weighted by Gasteiger charge is -2.23. The van der Waals surface area contributed by atoms with E-state index in [-0.39, 0.29) is 18.7 Å². The molecule has 0 aliphatic heterocycles. The zero-order chi connectivity index (χ0) is 16.9. The van der Waals surface area contributed by atoms with Crippen molar-refractivity contribution in [2.24, 2.45) is 5.92 Å². The van der Waals surface area contributed by atoms with Crippen molar-refractivity contribution in [3.05, 3.63) is 11.9 Å². The van der Waals surface area contributed by atoms with E-state index in [1.165, 1.54) is 0 Å². The van der Waals surface area contributed by atoms with Gasteiger partial charge in [0.05, 0.1) is 18.8 Å². The minimum absolute atomic E-state index is 0.0415. The smallest absolute Gasteiger partial charge is 0.407 e.